The van der Waals surface area contributed by atoms with Gasteiger partial charge in [0.05, 0.1) is 25.0 Å². The lowest BCUT2D eigenvalue weighted by atomic mass is 9.95. The summed E-state index contributed by atoms with van der Waals surface area (Å²) in [5, 5.41) is 16.6. The van der Waals surface area contributed by atoms with Crippen LogP contribution in [-0.4, -0.2) is 27.5 Å². The molecule has 0 radical (unpaired) electrons. The van der Waals surface area contributed by atoms with Gasteiger partial charge in [0.2, 0.25) is 0 Å². The maximum atomic E-state index is 8.82. The fourth-order valence-corrected chi connectivity index (χ4v) is 3.30. The van der Waals surface area contributed by atoms with E-state index in [9.17, 15) is 0 Å². The first-order valence-electron chi connectivity index (χ1n) is 6.25. The minimum Gasteiger partial charge on any atom is -0.394 e. The lowest BCUT2D eigenvalue weighted by molar-refractivity contribution is 0.269. The van der Waals surface area contributed by atoms with Crippen molar-refractivity contribution in [3.05, 3.63) is 12.4 Å². The van der Waals surface area contributed by atoms with E-state index >= 15 is 0 Å². The third kappa shape index (κ3) is 1.82. The van der Waals surface area contributed by atoms with Crippen LogP contribution >= 0.6 is 0 Å². The molecule has 88 valence electrons. The van der Waals surface area contributed by atoms with E-state index in [0.717, 1.165) is 17.5 Å². The molecule has 3 atom stereocenters. The molecule has 1 heterocycles. The molecule has 2 bridgehead atoms. The third-order valence-corrected chi connectivity index (χ3v) is 4.05. The Labute approximate surface area is 95.7 Å². The van der Waals surface area contributed by atoms with Gasteiger partial charge in [-0.2, -0.15) is 5.10 Å². The molecule has 0 saturated heterocycles. The highest BCUT2D eigenvalue weighted by Gasteiger charge is 2.39. The number of anilines is 1. The van der Waals surface area contributed by atoms with E-state index in [1.165, 1.54) is 25.7 Å². The SMILES string of the molecule is OCCn1cc(NC2CC3CCC2C3)cn1. The number of nitrogens with zero attached hydrogens (tertiary/aromatic N) is 2. The summed E-state index contributed by atoms with van der Waals surface area (Å²) < 4.78 is 1.79. The van der Waals surface area contributed by atoms with Gasteiger partial charge in [-0.15, -0.1) is 0 Å². The molecule has 2 aliphatic rings. The Kier molecular flexibility index (Phi) is 2.59. The molecule has 0 spiro atoms. The average Bonchev–Trinajstić information content (AvgIpc) is 2.95. The second kappa shape index (κ2) is 4.09. The van der Waals surface area contributed by atoms with E-state index in [0.29, 0.717) is 12.6 Å². The lowest BCUT2D eigenvalue weighted by Crippen LogP contribution is -2.25. The molecule has 3 unspecified atom stereocenters. The molecule has 2 N–H and O–H groups in total. The molecule has 4 nitrogen and oxygen atoms in total. The van der Waals surface area contributed by atoms with Crippen molar-refractivity contribution in [1.29, 1.82) is 0 Å². The zero-order valence-electron chi connectivity index (χ0n) is 9.47. The van der Waals surface area contributed by atoms with E-state index < -0.39 is 0 Å². The summed E-state index contributed by atoms with van der Waals surface area (Å²) in [7, 11) is 0. The van der Waals surface area contributed by atoms with Crippen molar-refractivity contribution in [2.45, 2.75) is 38.3 Å². The molecule has 16 heavy (non-hydrogen) atoms. The Morgan fingerprint density at radius 2 is 2.38 bits per heavy atom. The monoisotopic (exact) mass is 221 g/mol. The fraction of sp³-hybridized carbons (Fsp3) is 0.750. The van der Waals surface area contributed by atoms with Gasteiger partial charge in [0.15, 0.2) is 0 Å². The molecule has 1 aromatic heterocycles. The van der Waals surface area contributed by atoms with Gasteiger partial charge in [-0.3, -0.25) is 4.68 Å². The third-order valence-electron chi connectivity index (χ3n) is 4.05. The van der Waals surface area contributed by atoms with Gasteiger partial charge in [-0.25, -0.2) is 0 Å². The van der Waals surface area contributed by atoms with Crippen molar-refractivity contribution in [3.8, 4) is 0 Å². The molecule has 0 aliphatic heterocycles. The summed E-state index contributed by atoms with van der Waals surface area (Å²) in [4.78, 5) is 0. The first kappa shape index (κ1) is 10.1. The Morgan fingerprint density at radius 1 is 1.44 bits per heavy atom. The number of hydrogen-bond acceptors (Lipinski definition) is 3. The highest BCUT2D eigenvalue weighted by Crippen LogP contribution is 2.45. The number of aliphatic hydroxyl groups excluding tert-OH is 1. The molecule has 0 amide bonds. The van der Waals surface area contributed by atoms with Crippen molar-refractivity contribution in [1.82, 2.24) is 9.78 Å². The van der Waals surface area contributed by atoms with E-state index in [1.54, 1.807) is 4.68 Å². The molecule has 0 aromatic carbocycles. The molecule has 2 saturated carbocycles. The number of aliphatic hydroxyl groups is 1. The van der Waals surface area contributed by atoms with Crippen molar-refractivity contribution in [2.24, 2.45) is 11.8 Å². The van der Waals surface area contributed by atoms with E-state index in [1.807, 2.05) is 12.4 Å². The quantitative estimate of drug-likeness (QED) is 0.809. The normalized spacial score (nSPS) is 32.2. The summed E-state index contributed by atoms with van der Waals surface area (Å²) >= 11 is 0. The fourth-order valence-electron chi connectivity index (χ4n) is 3.30. The van der Waals surface area contributed by atoms with Crippen LogP contribution in [0.5, 0.6) is 0 Å². The maximum absolute atomic E-state index is 8.82. The lowest BCUT2D eigenvalue weighted by Gasteiger charge is -2.22. The van der Waals surface area contributed by atoms with Gasteiger partial charge in [0, 0.05) is 12.2 Å². The van der Waals surface area contributed by atoms with Crippen LogP contribution in [-0.2, 0) is 6.54 Å². The van der Waals surface area contributed by atoms with Gasteiger partial charge >= 0.3 is 0 Å². The minimum atomic E-state index is 0.148. The first-order chi connectivity index (χ1) is 7.85. The predicted octanol–water partition coefficient (Wildman–Crippen LogP) is 1.48. The number of nitrogens with one attached hydrogen (secondary N) is 1. The van der Waals surface area contributed by atoms with Crippen molar-refractivity contribution < 1.29 is 5.11 Å². The van der Waals surface area contributed by atoms with Crippen LogP contribution in [0.3, 0.4) is 0 Å². The van der Waals surface area contributed by atoms with Crippen molar-refractivity contribution in [3.63, 3.8) is 0 Å². The number of aromatic nitrogens is 2. The van der Waals surface area contributed by atoms with E-state index in [-0.39, 0.29) is 6.61 Å². The highest BCUT2D eigenvalue weighted by molar-refractivity contribution is 5.40. The zero-order chi connectivity index (χ0) is 11.0. The summed E-state index contributed by atoms with van der Waals surface area (Å²) in [5.74, 6) is 1.85. The Balaban J connectivity index is 1.61. The standard InChI is InChI=1S/C12H19N3O/c16-4-3-15-8-11(7-13-15)14-12-6-9-1-2-10(12)5-9/h7-10,12,14,16H,1-6H2. The predicted molar refractivity (Wildman–Crippen MR) is 62.2 cm³/mol. The van der Waals surface area contributed by atoms with Gasteiger partial charge in [-0.1, -0.05) is 6.42 Å². The molecule has 4 heteroatoms. The molecule has 2 fully saturated rings. The van der Waals surface area contributed by atoms with Crippen molar-refractivity contribution >= 4 is 5.69 Å². The van der Waals surface area contributed by atoms with E-state index in [4.69, 9.17) is 5.11 Å². The summed E-state index contributed by atoms with van der Waals surface area (Å²) in [6.07, 6.45) is 9.43. The molecule has 2 aliphatic carbocycles. The molecule has 3 rings (SSSR count). The number of rotatable bonds is 4. The van der Waals surface area contributed by atoms with Crippen LogP contribution in [0.15, 0.2) is 12.4 Å². The molecule has 1 aromatic rings. The van der Waals surface area contributed by atoms with Crippen LogP contribution in [0.2, 0.25) is 0 Å². The summed E-state index contributed by atoms with van der Waals surface area (Å²) in [5.41, 5.74) is 1.10. The number of fused-ring (bicyclic) bond motifs is 2. The van der Waals surface area contributed by atoms with Gasteiger partial charge < -0.3 is 10.4 Å². The van der Waals surface area contributed by atoms with Gasteiger partial charge in [-0.05, 0) is 31.1 Å². The topological polar surface area (TPSA) is 50.1 Å². The highest BCUT2D eigenvalue weighted by atomic mass is 16.3. The summed E-state index contributed by atoms with van der Waals surface area (Å²) in [6, 6.07) is 0.658. The maximum Gasteiger partial charge on any atom is 0.0728 e. The van der Waals surface area contributed by atoms with Crippen molar-refractivity contribution in [2.75, 3.05) is 11.9 Å². The average molecular weight is 221 g/mol. The van der Waals surface area contributed by atoms with Gasteiger partial charge in [0.1, 0.15) is 0 Å². The number of hydrogen-bond donors (Lipinski definition) is 2. The largest absolute Gasteiger partial charge is 0.394 e. The first-order valence-corrected chi connectivity index (χ1v) is 6.25. The second-order valence-corrected chi connectivity index (χ2v) is 5.14. The van der Waals surface area contributed by atoms with Crippen LogP contribution < -0.4 is 5.32 Å². The Hall–Kier alpha value is -1.03. The van der Waals surface area contributed by atoms with Gasteiger partial charge in [0.25, 0.3) is 0 Å². The van der Waals surface area contributed by atoms with Crippen LogP contribution in [0, 0.1) is 11.8 Å². The smallest absolute Gasteiger partial charge is 0.0728 e. The van der Waals surface area contributed by atoms with E-state index in [2.05, 4.69) is 10.4 Å². The second-order valence-electron chi connectivity index (χ2n) is 5.14. The van der Waals surface area contributed by atoms with Crippen LogP contribution in [0.25, 0.3) is 0 Å². The minimum absolute atomic E-state index is 0.148. The van der Waals surface area contributed by atoms with Crippen LogP contribution in [0.1, 0.15) is 25.7 Å². The summed E-state index contributed by atoms with van der Waals surface area (Å²) in [6.45, 7) is 0.730. The Bertz CT molecular complexity index is 363. The molecular weight excluding hydrogens is 202 g/mol. The Morgan fingerprint density at radius 3 is 3.06 bits per heavy atom. The zero-order valence-corrected chi connectivity index (χ0v) is 9.47. The molecular formula is C12H19N3O. The van der Waals surface area contributed by atoms with Crippen LogP contribution in [0.4, 0.5) is 5.69 Å².